The lowest BCUT2D eigenvalue weighted by molar-refractivity contribution is -0.137. The van der Waals surface area contributed by atoms with Gasteiger partial charge in [0.25, 0.3) is 0 Å². The zero-order valence-corrected chi connectivity index (χ0v) is 18.6. The molecule has 8 heteroatoms. The van der Waals surface area contributed by atoms with Crippen LogP contribution >= 0.6 is 0 Å². The quantitative estimate of drug-likeness (QED) is 0.396. The summed E-state index contributed by atoms with van der Waals surface area (Å²) in [6, 6.07) is 14.3. The molecular weight excluding hydrogens is 441 g/mol. The Morgan fingerprint density at radius 3 is 2.41 bits per heavy atom. The number of hydrogen-bond acceptors (Lipinski definition) is 4. The number of nitrogens with zero attached hydrogens (tertiary/aromatic N) is 3. The standard InChI is InChI=1S/C19H17F3N4O.C7H8/c1-2-10-3-4-11(9-14(10)19(20,21)22)15-16-17(23)24-5-6-26(16)18(25-15)12-7-13(27)8-12;1-7-5-3-2-4-6-7/h2-6,9,12-13,27H,1,7-8H2,(H2,23,24);2-6H,1H3. The first-order valence-electron chi connectivity index (χ1n) is 10.8. The fourth-order valence-electron chi connectivity index (χ4n) is 4.04. The Morgan fingerprint density at radius 2 is 1.85 bits per heavy atom. The van der Waals surface area contributed by atoms with Gasteiger partial charge in [0.15, 0.2) is 0 Å². The van der Waals surface area contributed by atoms with Crippen LogP contribution in [0.4, 0.5) is 19.0 Å². The molecule has 0 saturated heterocycles. The SMILES string of the molecule is C=Cc1ccc(-c2nc(C3CC(O)C3)n3ccnc(N)c23)cc1C(F)(F)F.Cc1ccccc1. The van der Waals surface area contributed by atoms with E-state index in [1.54, 1.807) is 16.7 Å². The van der Waals surface area contributed by atoms with E-state index >= 15 is 0 Å². The van der Waals surface area contributed by atoms with Gasteiger partial charge in [0, 0.05) is 23.9 Å². The Hall–Kier alpha value is -3.65. The van der Waals surface area contributed by atoms with Crippen LogP contribution in [-0.2, 0) is 6.18 Å². The van der Waals surface area contributed by atoms with Gasteiger partial charge in [0.05, 0.1) is 11.7 Å². The second-order valence-electron chi connectivity index (χ2n) is 8.33. The van der Waals surface area contributed by atoms with E-state index in [-0.39, 0.29) is 23.4 Å². The molecule has 2 aromatic carbocycles. The highest BCUT2D eigenvalue weighted by molar-refractivity contribution is 5.86. The number of aliphatic hydroxyl groups is 1. The minimum atomic E-state index is -4.51. The number of halogens is 3. The number of anilines is 1. The van der Waals surface area contributed by atoms with Crippen molar-refractivity contribution in [2.24, 2.45) is 0 Å². The molecule has 0 radical (unpaired) electrons. The molecular formula is C26H25F3N4O. The lowest BCUT2D eigenvalue weighted by Crippen LogP contribution is -2.27. The molecule has 0 aliphatic heterocycles. The monoisotopic (exact) mass is 466 g/mol. The molecule has 34 heavy (non-hydrogen) atoms. The second-order valence-corrected chi connectivity index (χ2v) is 8.33. The molecule has 3 N–H and O–H groups in total. The fraction of sp³-hybridized carbons (Fsp3) is 0.231. The molecule has 1 fully saturated rings. The zero-order valence-electron chi connectivity index (χ0n) is 18.6. The number of hydrogen-bond donors (Lipinski definition) is 2. The number of nitrogens with two attached hydrogens (primary N) is 1. The average molecular weight is 467 g/mol. The predicted molar refractivity (Wildman–Crippen MR) is 127 cm³/mol. The van der Waals surface area contributed by atoms with Crippen molar-refractivity contribution in [2.45, 2.75) is 38.0 Å². The summed E-state index contributed by atoms with van der Waals surface area (Å²) >= 11 is 0. The van der Waals surface area contributed by atoms with Gasteiger partial charge in [-0.3, -0.25) is 4.40 Å². The number of rotatable bonds is 3. The van der Waals surface area contributed by atoms with Gasteiger partial charge in [-0.2, -0.15) is 13.2 Å². The summed E-state index contributed by atoms with van der Waals surface area (Å²) in [6.07, 6.45) is 0.607. The first-order chi connectivity index (χ1) is 16.2. The minimum Gasteiger partial charge on any atom is -0.393 e. The Labute approximate surface area is 195 Å². The normalized spacial score (nSPS) is 17.6. The van der Waals surface area contributed by atoms with Crippen molar-refractivity contribution in [2.75, 3.05) is 5.73 Å². The third-order valence-electron chi connectivity index (χ3n) is 5.88. The second kappa shape index (κ2) is 9.30. The largest absolute Gasteiger partial charge is 0.417 e. The van der Waals surface area contributed by atoms with Gasteiger partial charge in [-0.15, -0.1) is 0 Å². The summed E-state index contributed by atoms with van der Waals surface area (Å²) in [4.78, 5) is 8.65. The van der Waals surface area contributed by atoms with E-state index in [1.165, 1.54) is 23.9 Å². The molecule has 0 amide bonds. The maximum Gasteiger partial charge on any atom is 0.417 e. The van der Waals surface area contributed by atoms with E-state index < -0.39 is 11.7 Å². The van der Waals surface area contributed by atoms with Gasteiger partial charge in [0.1, 0.15) is 22.9 Å². The van der Waals surface area contributed by atoms with Crippen LogP contribution in [0.1, 0.15) is 41.3 Å². The van der Waals surface area contributed by atoms with Crippen LogP contribution in [0, 0.1) is 6.92 Å². The smallest absolute Gasteiger partial charge is 0.393 e. The number of aryl methyl sites for hydroxylation is 1. The number of alkyl halides is 3. The number of benzene rings is 2. The van der Waals surface area contributed by atoms with Crippen molar-refractivity contribution in [3.8, 4) is 11.3 Å². The van der Waals surface area contributed by atoms with Gasteiger partial charge in [0.2, 0.25) is 0 Å². The number of aliphatic hydroxyl groups excluding tert-OH is 1. The molecule has 2 aromatic heterocycles. The van der Waals surface area contributed by atoms with Crippen LogP contribution in [0.2, 0.25) is 0 Å². The number of aromatic nitrogens is 3. The lowest BCUT2D eigenvalue weighted by atomic mass is 9.82. The van der Waals surface area contributed by atoms with Crippen molar-refractivity contribution in [3.63, 3.8) is 0 Å². The fourth-order valence-corrected chi connectivity index (χ4v) is 4.04. The highest BCUT2D eigenvalue weighted by atomic mass is 19.4. The average Bonchev–Trinajstić information content (AvgIpc) is 3.17. The topological polar surface area (TPSA) is 76.4 Å². The van der Waals surface area contributed by atoms with Gasteiger partial charge in [-0.25, -0.2) is 9.97 Å². The lowest BCUT2D eigenvalue weighted by Gasteiger charge is -2.30. The maximum absolute atomic E-state index is 13.4. The Bertz CT molecular complexity index is 1310. The first-order valence-corrected chi connectivity index (χ1v) is 10.8. The van der Waals surface area contributed by atoms with Gasteiger partial charge >= 0.3 is 6.18 Å². The summed E-state index contributed by atoms with van der Waals surface area (Å²) in [5, 5.41) is 9.61. The predicted octanol–water partition coefficient (Wildman–Crippen LogP) is 5.87. The van der Waals surface area contributed by atoms with E-state index in [1.807, 2.05) is 18.2 Å². The summed E-state index contributed by atoms with van der Waals surface area (Å²) in [6.45, 7) is 5.53. The molecule has 1 saturated carbocycles. The van der Waals surface area contributed by atoms with Gasteiger partial charge in [-0.1, -0.05) is 60.7 Å². The Balaban J connectivity index is 0.000000336. The van der Waals surface area contributed by atoms with Crippen LogP contribution in [0.15, 0.2) is 67.5 Å². The molecule has 0 atom stereocenters. The number of fused-ring (bicyclic) bond motifs is 1. The molecule has 5 nitrogen and oxygen atoms in total. The number of imidazole rings is 1. The minimum absolute atomic E-state index is 0.00296. The summed E-state index contributed by atoms with van der Waals surface area (Å²) < 4.78 is 42.0. The van der Waals surface area contributed by atoms with E-state index in [0.717, 1.165) is 6.07 Å². The molecule has 0 unspecified atom stereocenters. The third-order valence-corrected chi connectivity index (χ3v) is 5.88. The maximum atomic E-state index is 13.4. The molecule has 5 rings (SSSR count). The van der Waals surface area contributed by atoms with Crippen LogP contribution < -0.4 is 5.73 Å². The van der Waals surface area contributed by atoms with Crippen LogP contribution in [0.3, 0.4) is 0 Å². The molecule has 4 aromatic rings. The van der Waals surface area contributed by atoms with Crippen LogP contribution in [0.5, 0.6) is 0 Å². The molecule has 1 aliphatic rings. The first kappa shape index (κ1) is 23.5. The highest BCUT2D eigenvalue weighted by Crippen LogP contribution is 2.41. The molecule has 0 bridgehead atoms. The van der Waals surface area contributed by atoms with E-state index in [2.05, 4.69) is 35.6 Å². The molecule has 2 heterocycles. The Kier molecular flexibility index (Phi) is 6.43. The van der Waals surface area contributed by atoms with Crippen molar-refractivity contribution >= 4 is 17.4 Å². The summed E-state index contributed by atoms with van der Waals surface area (Å²) in [5.41, 5.74) is 7.67. The van der Waals surface area contributed by atoms with E-state index in [9.17, 15) is 18.3 Å². The molecule has 176 valence electrons. The van der Waals surface area contributed by atoms with E-state index in [4.69, 9.17) is 5.73 Å². The van der Waals surface area contributed by atoms with Crippen LogP contribution in [0.25, 0.3) is 22.9 Å². The Morgan fingerprint density at radius 1 is 1.15 bits per heavy atom. The van der Waals surface area contributed by atoms with Gasteiger partial charge < -0.3 is 10.8 Å². The van der Waals surface area contributed by atoms with Crippen molar-refractivity contribution in [1.82, 2.24) is 14.4 Å². The number of nitrogen functional groups attached to an aromatic ring is 1. The highest BCUT2D eigenvalue weighted by Gasteiger charge is 2.35. The molecule has 1 aliphatic carbocycles. The zero-order chi connectivity index (χ0) is 24.5. The van der Waals surface area contributed by atoms with Crippen LogP contribution in [-0.4, -0.2) is 25.6 Å². The summed E-state index contributed by atoms with van der Waals surface area (Å²) in [5.74, 6) is 0.880. The summed E-state index contributed by atoms with van der Waals surface area (Å²) in [7, 11) is 0. The van der Waals surface area contributed by atoms with Crippen molar-refractivity contribution < 1.29 is 18.3 Å². The van der Waals surface area contributed by atoms with Gasteiger partial charge in [-0.05, 0) is 31.4 Å². The third kappa shape index (κ3) is 4.68. The van der Waals surface area contributed by atoms with Crippen molar-refractivity contribution in [3.05, 3.63) is 90.0 Å². The van der Waals surface area contributed by atoms with Crippen molar-refractivity contribution in [1.29, 1.82) is 0 Å². The molecule has 0 spiro atoms. The van der Waals surface area contributed by atoms with E-state index in [0.29, 0.717) is 35.4 Å².